The van der Waals surface area contributed by atoms with Crippen molar-refractivity contribution in [2.45, 2.75) is 50.8 Å². The number of hydrogen-bond acceptors (Lipinski definition) is 3. The summed E-state index contributed by atoms with van der Waals surface area (Å²) in [5.41, 5.74) is 0.000950. The molecule has 2 aliphatic carbocycles. The van der Waals surface area contributed by atoms with Gasteiger partial charge < -0.3 is 0 Å². The van der Waals surface area contributed by atoms with Crippen LogP contribution in [0.2, 0.25) is 0 Å². The first-order valence-corrected chi connectivity index (χ1v) is 10.3. The maximum atomic E-state index is 12.7. The number of carbonyl (C=O) groups excluding carboxylic acids is 1. The first-order chi connectivity index (χ1) is 10.8. The van der Waals surface area contributed by atoms with E-state index in [1.165, 1.54) is 0 Å². The van der Waals surface area contributed by atoms with Crippen LogP contribution in [0.4, 0.5) is 0 Å². The summed E-state index contributed by atoms with van der Waals surface area (Å²) in [5, 5.41) is 0. The molecule has 0 aromatic heterocycles. The van der Waals surface area contributed by atoms with E-state index >= 15 is 0 Å². The van der Waals surface area contributed by atoms with Crippen LogP contribution in [0.5, 0.6) is 0 Å². The van der Waals surface area contributed by atoms with Gasteiger partial charge in [0.2, 0.25) is 0 Å². The van der Waals surface area contributed by atoms with Crippen LogP contribution in [0.25, 0.3) is 0 Å². The van der Waals surface area contributed by atoms with E-state index in [1.54, 1.807) is 24.3 Å². The SMILES string of the molecule is C[C@H](CS(=O)(=O)c1ccccc1)[C@@H]1CC[C@H]2C(=O)CCC[C@@]21C. The summed E-state index contributed by atoms with van der Waals surface area (Å²) in [5.74, 6) is 1.15. The molecular weight excluding hydrogens is 308 g/mol. The van der Waals surface area contributed by atoms with Gasteiger partial charge in [0, 0.05) is 12.3 Å². The fraction of sp³-hybridized carbons (Fsp3) is 0.632. The number of rotatable bonds is 4. The van der Waals surface area contributed by atoms with Gasteiger partial charge in [-0.05, 0) is 55.1 Å². The summed E-state index contributed by atoms with van der Waals surface area (Å²) < 4.78 is 25.3. The summed E-state index contributed by atoms with van der Waals surface area (Å²) in [4.78, 5) is 12.6. The van der Waals surface area contributed by atoms with Gasteiger partial charge in [0.1, 0.15) is 5.78 Å². The Bertz CT molecular complexity index is 680. The topological polar surface area (TPSA) is 51.2 Å². The molecule has 3 nitrogen and oxygen atoms in total. The van der Waals surface area contributed by atoms with Crippen molar-refractivity contribution in [3.8, 4) is 0 Å². The van der Waals surface area contributed by atoms with E-state index in [0.717, 1.165) is 25.7 Å². The fourth-order valence-electron chi connectivity index (χ4n) is 5.09. The van der Waals surface area contributed by atoms with Crippen molar-refractivity contribution in [3.05, 3.63) is 30.3 Å². The van der Waals surface area contributed by atoms with Gasteiger partial charge in [-0.25, -0.2) is 8.42 Å². The third-order valence-electron chi connectivity index (χ3n) is 6.21. The lowest BCUT2D eigenvalue weighted by atomic mass is 9.62. The predicted molar refractivity (Wildman–Crippen MR) is 90.8 cm³/mol. The van der Waals surface area contributed by atoms with Gasteiger partial charge in [-0.1, -0.05) is 32.0 Å². The Morgan fingerprint density at radius 3 is 2.61 bits per heavy atom. The smallest absolute Gasteiger partial charge is 0.178 e. The van der Waals surface area contributed by atoms with Gasteiger partial charge >= 0.3 is 0 Å². The van der Waals surface area contributed by atoms with Gasteiger partial charge in [0.05, 0.1) is 10.6 Å². The maximum Gasteiger partial charge on any atom is 0.178 e. The monoisotopic (exact) mass is 334 g/mol. The Morgan fingerprint density at radius 1 is 1.22 bits per heavy atom. The highest BCUT2D eigenvalue weighted by Gasteiger charge is 2.52. The molecule has 0 radical (unpaired) electrons. The van der Waals surface area contributed by atoms with Crippen LogP contribution in [0.3, 0.4) is 0 Å². The van der Waals surface area contributed by atoms with Crippen molar-refractivity contribution < 1.29 is 13.2 Å². The number of hydrogen-bond donors (Lipinski definition) is 0. The quantitative estimate of drug-likeness (QED) is 0.839. The minimum absolute atomic E-state index is 0.000950. The van der Waals surface area contributed by atoms with E-state index in [4.69, 9.17) is 0 Å². The summed E-state index contributed by atoms with van der Waals surface area (Å²) in [6.07, 6.45) is 4.65. The van der Waals surface area contributed by atoms with Gasteiger partial charge in [0.15, 0.2) is 9.84 Å². The minimum Gasteiger partial charge on any atom is -0.299 e. The molecule has 0 saturated heterocycles. The van der Waals surface area contributed by atoms with E-state index in [1.807, 2.05) is 6.07 Å². The largest absolute Gasteiger partial charge is 0.299 e. The molecule has 0 heterocycles. The van der Waals surface area contributed by atoms with Gasteiger partial charge in [-0.3, -0.25) is 4.79 Å². The molecule has 4 heteroatoms. The van der Waals surface area contributed by atoms with Crippen LogP contribution in [-0.4, -0.2) is 20.0 Å². The predicted octanol–water partition coefficient (Wildman–Crippen LogP) is 3.88. The number of Topliss-reactive ketones (excluding diaryl/α,β-unsaturated/α-hetero) is 1. The summed E-state index contributed by atoms with van der Waals surface area (Å²) in [6, 6.07) is 8.71. The average molecular weight is 334 g/mol. The zero-order chi connectivity index (χ0) is 16.7. The number of carbonyl (C=O) groups is 1. The van der Waals surface area contributed by atoms with Crippen molar-refractivity contribution >= 4 is 15.6 Å². The van der Waals surface area contributed by atoms with E-state index < -0.39 is 9.84 Å². The molecule has 0 aliphatic heterocycles. The molecule has 23 heavy (non-hydrogen) atoms. The van der Waals surface area contributed by atoms with Crippen LogP contribution in [0.1, 0.15) is 46.0 Å². The minimum atomic E-state index is -3.26. The molecule has 0 amide bonds. The van der Waals surface area contributed by atoms with Gasteiger partial charge in [-0.2, -0.15) is 0 Å². The third-order valence-corrected chi connectivity index (χ3v) is 8.16. The molecule has 1 aromatic rings. The first-order valence-electron chi connectivity index (χ1n) is 8.65. The molecule has 3 rings (SSSR count). The Balaban J connectivity index is 1.79. The van der Waals surface area contributed by atoms with E-state index in [-0.39, 0.29) is 23.0 Å². The molecular formula is C19H26O3S. The average Bonchev–Trinajstić information content (AvgIpc) is 2.86. The summed E-state index contributed by atoms with van der Waals surface area (Å²) >= 11 is 0. The van der Waals surface area contributed by atoms with Crippen molar-refractivity contribution in [2.24, 2.45) is 23.2 Å². The highest BCUT2D eigenvalue weighted by atomic mass is 32.2. The van der Waals surface area contributed by atoms with Crippen LogP contribution in [0, 0.1) is 23.2 Å². The van der Waals surface area contributed by atoms with E-state index in [9.17, 15) is 13.2 Å². The number of ketones is 1. The standard InChI is InChI=1S/C19H26O3S/c1-14(13-23(21,22)15-7-4-3-5-8-15)16-10-11-17-18(20)9-6-12-19(16,17)2/h3-5,7-8,14,16-17H,6,9-13H2,1-2H3/t14-,16+,17+,19-/m1/s1. The van der Waals surface area contributed by atoms with Crippen molar-refractivity contribution in [1.82, 2.24) is 0 Å². The Hall–Kier alpha value is -1.16. The van der Waals surface area contributed by atoms with Crippen molar-refractivity contribution in [1.29, 1.82) is 0 Å². The first kappa shape index (κ1) is 16.7. The van der Waals surface area contributed by atoms with Crippen LogP contribution < -0.4 is 0 Å². The van der Waals surface area contributed by atoms with Crippen LogP contribution >= 0.6 is 0 Å². The van der Waals surface area contributed by atoms with Gasteiger partial charge in [0.25, 0.3) is 0 Å². The molecule has 126 valence electrons. The summed E-state index contributed by atoms with van der Waals surface area (Å²) in [7, 11) is -3.26. The summed E-state index contributed by atoms with van der Waals surface area (Å²) in [6.45, 7) is 4.27. The van der Waals surface area contributed by atoms with Crippen LogP contribution in [0.15, 0.2) is 35.2 Å². The number of benzene rings is 1. The third kappa shape index (κ3) is 2.98. The lowest BCUT2D eigenvalue weighted by Crippen LogP contribution is -2.40. The molecule has 0 unspecified atom stereocenters. The maximum absolute atomic E-state index is 12.7. The zero-order valence-corrected chi connectivity index (χ0v) is 14.8. The molecule has 0 spiro atoms. The second-order valence-electron chi connectivity index (χ2n) is 7.63. The molecule has 0 N–H and O–H groups in total. The Morgan fingerprint density at radius 2 is 1.91 bits per heavy atom. The number of fused-ring (bicyclic) bond motifs is 1. The van der Waals surface area contributed by atoms with Crippen molar-refractivity contribution in [2.75, 3.05) is 5.75 Å². The molecule has 0 bridgehead atoms. The molecule has 2 fully saturated rings. The molecule has 4 atom stereocenters. The second-order valence-corrected chi connectivity index (χ2v) is 9.67. The zero-order valence-electron chi connectivity index (χ0n) is 14.0. The van der Waals surface area contributed by atoms with E-state index in [0.29, 0.717) is 23.0 Å². The van der Waals surface area contributed by atoms with Crippen molar-refractivity contribution in [3.63, 3.8) is 0 Å². The normalized spacial score (nSPS) is 32.5. The Labute approximate surface area is 139 Å². The molecule has 2 saturated carbocycles. The lowest BCUT2D eigenvalue weighted by Gasteiger charge is -2.42. The molecule has 1 aromatic carbocycles. The van der Waals surface area contributed by atoms with Crippen LogP contribution in [-0.2, 0) is 14.6 Å². The highest BCUT2D eigenvalue weighted by molar-refractivity contribution is 7.91. The van der Waals surface area contributed by atoms with E-state index in [2.05, 4.69) is 13.8 Å². The van der Waals surface area contributed by atoms with Gasteiger partial charge in [-0.15, -0.1) is 0 Å². The Kier molecular flexibility index (Phi) is 4.39. The second kappa shape index (κ2) is 6.04. The highest BCUT2D eigenvalue weighted by Crippen LogP contribution is 2.56. The lowest BCUT2D eigenvalue weighted by molar-refractivity contribution is -0.129. The fourth-order valence-corrected chi connectivity index (χ4v) is 6.78. The number of sulfone groups is 1. The molecule has 2 aliphatic rings.